The Hall–Kier alpha value is -2.82. The van der Waals surface area contributed by atoms with Crippen LogP contribution in [0.5, 0.6) is 0 Å². The number of aromatic amines is 4. The van der Waals surface area contributed by atoms with Crippen molar-refractivity contribution in [2.75, 3.05) is 0 Å². The van der Waals surface area contributed by atoms with Crippen molar-refractivity contribution in [3.05, 3.63) is 92.7 Å². The molecule has 128 valence electrons. The molecule has 6 heteroatoms. The second-order valence-electron chi connectivity index (χ2n) is 6.23. The van der Waals surface area contributed by atoms with E-state index in [2.05, 4.69) is 19.9 Å². The molecule has 0 aliphatic carbocycles. The summed E-state index contributed by atoms with van der Waals surface area (Å²) >= 11 is 13.1. The maximum absolute atomic E-state index is 6.57. The summed E-state index contributed by atoms with van der Waals surface area (Å²) in [4.78, 5) is 13.3. The minimum Gasteiger partial charge on any atom is -0.355 e. The number of H-pyrrole nitrogens is 4. The highest BCUT2D eigenvalue weighted by Crippen LogP contribution is 2.16. The smallest absolute Gasteiger partial charge is 0.0875 e. The Kier molecular flexibility index (Phi) is 3.48. The van der Waals surface area contributed by atoms with E-state index in [9.17, 15) is 0 Å². The molecule has 0 aromatic carbocycles. The monoisotopic (exact) mass is 380 g/mol. The third-order valence-corrected chi connectivity index (χ3v) is 5.22. The van der Waals surface area contributed by atoms with Crippen molar-refractivity contribution < 1.29 is 0 Å². The van der Waals surface area contributed by atoms with Crippen LogP contribution in [0.25, 0.3) is 22.2 Å². The Morgan fingerprint density at radius 1 is 0.500 bits per heavy atom. The lowest BCUT2D eigenvalue weighted by molar-refractivity contribution is 1.22. The maximum Gasteiger partial charge on any atom is 0.0875 e. The molecule has 0 saturated carbocycles. The SMILES string of the molecule is ClC1=c2ccc([nH]2)=C(Cl)c2ccc([nH]2)C=c2ccc([nH]2)=Cc2ccc1[nH]2. The molecule has 5 heterocycles. The van der Waals surface area contributed by atoms with E-state index >= 15 is 0 Å². The molecule has 26 heavy (non-hydrogen) atoms. The molecule has 0 amide bonds. The van der Waals surface area contributed by atoms with Crippen molar-refractivity contribution in [1.29, 1.82) is 0 Å². The van der Waals surface area contributed by atoms with Gasteiger partial charge in [0.1, 0.15) is 0 Å². The number of aromatic nitrogens is 4. The lowest BCUT2D eigenvalue weighted by Gasteiger charge is -1.95. The van der Waals surface area contributed by atoms with Crippen LogP contribution in [0.1, 0.15) is 22.8 Å². The van der Waals surface area contributed by atoms with E-state index in [1.807, 2.05) is 60.7 Å². The van der Waals surface area contributed by atoms with Gasteiger partial charge in [-0.15, -0.1) is 0 Å². The average molecular weight is 381 g/mol. The minimum absolute atomic E-state index is 0.611. The Labute approximate surface area is 158 Å². The van der Waals surface area contributed by atoms with Gasteiger partial charge in [-0.05, 0) is 60.7 Å². The molecule has 0 fully saturated rings. The van der Waals surface area contributed by atoms with E-state index in [-0.39, 0.29) is 0 Å². The zero-order valence-electron chi connectivity index (χ0n) is 13.5. The summed E-state index contributed by atoms with van der Waals surface area (Å²) in [5, 5.41) is 4.85. The van der Waals surface area contributed by atoms with Crippen molar-refractivity contribution in [3.63, 3.8) is 0 Å². The lowest BCUT2D eigenvalue weighted by Crippen LogP contribution is -2.13. The molecule has 0 unspecified atom stereocenters. The van der Waals surface area contributed by atoms with Gasteiger partial charge in [0, 0.05) is 22.1 Å². The highest BCUT2D eigenvalue weighted by Gasteiger charge is 2.07. The molecule has 0 atom stereocenters. The fourth-order valence-corrected chi connectivity index (χ4v) is 3.56. The van der Waals surface area contributed by atoms with Crippen LogP contribution >= 0.6 is 23.2 Å². The van der Waals surface area contributed by atoms with Crippen LogP contribution in [0.3, 0.4) is 0 Å². The molecule has 5 rings (SSSR count). The second-order valence-corrected chi connectivity index (χ2v) is 6.98. The van der Waals surface area contributed by atoms with E-state index in [4.69, 9.17) is 23.2 Å². The highest BCUT2D eigenvalue weighted by atomic mass is 35.5. The maximum atomic E-state index is 6.57. The van der Waals surface area contributed by atoms with Crippen LogP contribution in [0.2, 0.25) is 0 Å². The molecule has 1 aliphatic heterocycles. The van der Waals surface area contributed by atoms with Crippen LogP contribution in [0.4, 0.5) is 0 Å². The summed E-state index contributed by atoms with van der Waals surface area (Å²) in [7, 11) is 0. The molecule has 4 aromatic heterocycles. The first-order valence-electron chi connectivity index (χ1n) is 8.18. The van der Waals surface area contributed by atoms with Crippen molar-refractivity contribution in [1.82, 2.24) is 19.9 Å². The molecule has 8 bridgehead atoms. The van der Waals surface area contributed by atoms with Gasteiger partial charge in [-0.2, -0.15) is 0 Å². The van der Waals surface area contributed by atoms with E-state index < -0.39 is 0 Å². The topological polar surface area (TPSA) is 63.2 Å². The summed E-state index contributed by atoms with van der Waals surface area (Å²) in [5.41, 5.74) is 3.62. The van der Waals surface area contributed by atoms with Gasteiger partial charge < -0.3 is 19.9 Å². The van der Waals surface area contributed by atoms with Crippen LogP contribution < -0.4 is 21.4 Å². The Bertz CT molecular complexity index is 1260. The zero-order chi connectivity index (χ0) is 17.7. The first kappa shape index (κ1) is 15.4. The summed E-state index contributed by atoms with van der Waals surface area (Å²) in [6, 6.07) is 15.9. The van der Waals surface area contributed by atoms with Crippen LogP contribution in [0.15, 0.2) is 48.5 Å². The number of fused-ring (bicyclic) bond motifs is 8. The van der Waals surface area contributed by atoms with Gasteiger partial charge in [0.2, 0.25) is 0 Å². The highest BCUT2D eigenvalue weighted by molar-refractivity contribution is 6.48. The fraction of sp³-hybridized carbons (Fsp3) is 0. The molecule has 0 radical (unpaired) electrons. The van der Waals surface area contributed by atoms with Crippen LogP contribution in [-0.2, 0) is 0 Å². The Balaban J connectivity index is 1.85. The number of rotatable bonds is 0. The van der Waals surface area contributed by atoms with Crippen molar-refractivity contribution >= 4 is 45.4 Å². The summed E-state index contributed by atoms with van der Waals surface area (Å²) < 4.78 is 0. The first-order chi connectivity index (χ1) is 12.7. The van der Waals surface area contributed by atoms with Gasteiger partial charge in [-0.1, -0.05) is 23.2 Å². The lowest BCUT2D eigenvalue weighted by atomic mass is 10.3. The minimum atomic E-state index is 0.611. The van der Waals surface area contributed by atoms with Gasteiger partial charge in [0.15, 0.2) is 0 Å². The standard InChI is InChI=1S/C20H14Cl2N4/c21-19-15-5-3-13(24-15)9-11-1-2-12(23-11)10-14-4-6-16(25-14)20(22)18-8-7-17(19)26-18/h1-10,23-26H. The predicted octanol–water partition coefficient (Wildman–Crippen LogP) is 1.76. The molecule has 1 aliphatic rings. The first-order valence-corrected chi connectivity index (χ1v) is 8.93. The van der Waals surface area contributed by atoms with Gasteiger partial charge in [0.25, 0.3) is 0 Å². The van der Waals surface area contributed by atoms with Crippen molar-refractivity contribution in [2.45, 2.75) is 0 Å². The Morgan fingerprint density at radius 3 is 1.50 bits per heavy atom. The molecule has 4 aromatic rings. The van der Waals surface area contributed by atoms with Gasteiger partial charge in [-0.3, -0.25) is 0 Å². The fourth-order valence-electron chi connectivity index (χ4n) is 3.12. The molecular weight excluding hydrogens is 367 g/mol. The molecule has 0 spiro atoms. The number of halogens is 2. The average Bonchev–Trinajstić information content (AvgIpc) is 3.41. The molecular formula is C20H14Cl2N4. The number of hydrogen-bond acceptors (Lipinski definition) is 0. The summed E-state index contributed by atoms with van der Waals surface area (Å²) in [6.45, 7) is 0. The normalized spacial score (nSPS) is 13.5. The van der Waals surface area contributed by atoms with E-state index in [1.54, 1.807) is 0 Å². The largest absolute Gasteiger partial charge is 0.355 e. The Morgan fingerprint density at radius 2 is 1.00 bits per heavy atom. The molecule has 0 saturated heterocycles. The van der Waals surface area contributed by atoms with Gasteiger partial charge in [-0.25, -0.2) is 0 Å². The number of hydrogen-bond donors (Lipinski definition) is 4. The van der Waals surface area contributed by atoms with Gasteiger partial charge >= 0.3 is 0 Å². The number of nitrogens with one attached hydrogen (secondary N) is 4. The van der Waals surface area contributed by atoms with Crippen LogP contribution in [0, 0.1) is 0 Å². The van der Waals surface area contributed by atoms with Crippen LogP contribution in [-0.4, -0.2) is 19.9 Å². The molecule has 4 nitrogen and oxygen atoms in total. The quantitative estimate of drug-likeness (QED) is 0.359. The van der Waals surface area contributed by atoms with Gasteiger partial charge in [0.05, 0.1) is 32.2 Å². The second kappa shape index (κ2) is 5.87. The van der Waals surface area contributed by atoms with E-state index in [0.717, 1.165) is 44.2 Å². The third-order valence-electron chi connectivity index (χ3n) is 4.40. The van der Waals surface area contributed by atoms with E-state index in [0.29, 0.717) is 10.1 Å². The summed E-state index contributed by atoms with van der Waals surface area (Å²) in [6.07, 6.45) is 4.09. The van der Waals surface area contributed by atoms with E-state index in [1.165, 1.54) is 0 Å². The predicted molar refractivity (Wildman–Crippen MR) is 106 cm³/mol. The zero-order valence-corrected chi connectivity index (χ0v) is 15.0. The third kappa shape index (κ3) is 2.64. The van der Waals surface area contributed by atoms with Crippen molar-refractivity contribution in [3.8, 4) is 0 Å². The summed E-state index contributed by atoms with van der Waals surface area (Å²) in [5.74, 6) is 0. The molecule has 4 N–H and O–H groups in total. The van der Waals surface area contributed by atoms with Crippen molar-refractivity contribution in [2.24, 2.45) is 0 Å².